The van der Waals surface area contributed by atoms with Crippen LogP contribution in [0, 0.1) is 6.92 Å². The Morgan fingerprint density at radius 1 is 1.08 bits per heavy atom. The maximum absolute atomic E-state index is 4.30. The van der Waals surface area contributed by atoms with E-state index >= 15 is 0 Å². The number of aryl methyl sites for hydroxylation is 1. The van der Waals surface area contributed by atoms with Crippen LogP contribution in [0.5, 0.6) is 0 Å². The van der Waals surface area contributed by atoms with Crippen molar-refractivity contribution in [2.75, 3.05) is 20.1 Å². The number of benzene rings is 1. The van der Waals surface area contributed by atoms with Gasteiger partial charge in [-0.3, -0.25) is 9.98 Å². The molecule has 0 fully saturated rings. The van der Waals surface area contributed by atoms with Crippen molar-refractivity contribution in [2.45, 2.75) is 19.8 Å². The van der Waals surface area contributed by atoms with Crippen LogP contribution in [0.3, 0.4) is 0 Å². The quantitative estimate of drug-likeness (QED) is 0.479. The molecule has 3 N–H and O–H groups in total. The van der Waals surface area contributed by atoms with E-state index in [1.54, 1.807) is 7.05 Å². The van der Waals surface area contributed by atoms with Crippen LogP contribution in [0.4, 0.5) is 0 Å². The zero-order valence-electron chi connectivity index (χ0n) is 14.8. The minimum Gasteiger partial charge on any atom is -0.361 e. The molecule has 0 amide bonds. The second-order valence-corrected chi connectivity index (χ2v) is 6.09. The zero-order valence-corrected chi connectivity index (χ0v) is 14.8. The summed E-state index contributed by atoms with van der Waals surface area (Å²) in [5, 5.41) is 8.05. The van der Waals surface area contributed by atoms with Gasteiger partial charge in [-0.1, -0.05) is 18.2 Å². The van der Waals surface area contributed by atoms with E-state index in [0.29, 0.717) is 0 Å². The number of fused-ring (bicyclic) bond motifs is 1. The van der Waals surface area contributed by atoms with E-state index in [-0.39, 0.29) is 0 Å². The van der Waals surface area contributed by atoms with Crippen LogP contribution < -0.4 is 10.6 Å². The largest absolute Gasteiger partial charge is 0.361 e. The van der Waals surface area contributed by atoms with Crippen LogP contribution in [0.2, 0.25) is 0 Å². The second kappa shape index (κ2) is 8.33. The van der Waals surface area contributed by atoms with Gasteiger partial charge in [0, 0.05) is 49.6 Å². The SMILES string of the molecule is CN=C(NCCc1ccncc1C)NCCc1c[nH]c2ccccc12. The average molecular weight is 335 g/mol. The summed E-state index contributed by atoms with van der Waals surface area (Å²) in [5.74, 6) is 0.839. The minimum absolute atomic E-state index is 0.839. The summed E-state index contributed by atoms with van der Waals surface area (Å²) in [4.78, 5) is 11.7. The van der Waals surface area contributed by atoms with Gasteiger partial charge >= 0.3 is 0 Å². The first-order chi connectivity index (χ1) is 12.3. The number of hydrogen-bond acceptors (Lipinski definition) is 2. The summed E-state index contributed by atoms with van der Waals surface area (Å²) in [5.41, 5.74) is 5.06. The number of guanidine groups is 1. The average Bonchev–Trinajstić information content (AvgIpc) is 3.05. The molecule has 3 aromatic rings. The highest BCUT2D eigenvalue weighted by Crippen LogP contribution is 2.17. The van der Waals surface area contributed by atoms with E-state index in [2.05, 4.69) is 69.0 Å². The lowest BCUT2D eigenvalue weighted by Gasteiger charge is -2.12. The Kier molecular flexibility index (Phi) is 5.67. The first-order valence-corrected chi connectivity index (χ1v) is 8.67. The highest BCUT2D eigenvalue weighted by atomic mass is 15.2. The lowest BCUT2D eigenvalue weighted by molar-refractivity contribution is 0.783. The summed E-state index contributed by atoms with van der Waals surface area (Å²) in [6, 6.07) is 10.5. The molecule has 5 heteroatoms. The Morgan fingerprint density at radius 2 is 1.84 bits per heavy atom. The van der Waals surface area contributed by atoms with E-state index in [1.807, 2.05) is 12.4 Å². The predicted molar refractivity (Wildman–Crippen MR) is 104 cm³/mol. The van der Waals surface area contributed by atoms with Crippen molar-refractivity contribution in [3.63, 3.8) is 0 Å². The number of nitrogens with one attached hydrogen (secondary N) is 3. The summed E-state index contributed by atoms with van der Waals surface area (Å²) in [6.07, 6.45) is 7.75. The van der Waals surface area contributed by atoms with Gasteiger partial charge in [-0.25, -0.2) is 0 Å². The predicted octanol–water partition coefficient (Wildman–Crippen LogP) is 2.82. The van der Waals surface area contributed by atoms with Crippen LogP contribution in [0.15, 0.2) is 53.9 Å². The van der Waals surface area contributed by atoms with Gasteiger partial charge < -0.3 is 15.6 Å². The lowest BCUT2D eigenvalue weighted by Crippen LogP contribution is -2.39. The molecule has 0 radical (unpaired) electrons. The lowest BCUT2D eigenvalue weighted by atomic mass is 10.1. The van der Waals surface area contributed by atoms with Crippen molar-refractivity contribution >= 4 is 16.9 Å². The molecule has 0 spiro atoms. The molecule has 0 aliphatic heterocycles. The summed E-state index contributed by atoms with van der Waals surface area (Å²) in [6.45, 7) is 3.78. The summed E-state index contributed by atoms with van der Waals surface area (Å²) >= 11 is 0. The number of rotatable bonds is 6. The van der Waals surface area contributed by atoms with Gasteiger partial charge in [0.2, 0.25) is 0 Å². The number of aromatic amines is 1. The standard InChI is InChI=1S/C20H25N5/c1-15-13-22-10-7-16(15)8-11-23-20(21-2)24-12-9-17-14-25-19-6-4-3-5-18(17)19/h3-7,10,13-14,25H,8-9,11-12H2,1-2H3,(H2,21,23,24). The first kappa shape index (κ1) is 17.0. The number of para-hydroxylation sites is 1. The summed E-state index contributed by atoms with van der Waals surface area (Å²) < 4.78 is 0. The van der Waals surface area contributed by atoms with E-state index in [9.17, 15) is 0 Å². The highest BCUT2D eigenvalue weighted by molar-refractivity contribution is 5.83. The van der Waals surface area contributed by atoms with Gasteiger partial charge in [0.25, 0.3) is 0 Å². The monoisotopic (exact) mass is 335 g/mol. The molecule has 0 saturated heterocycles. The van der Waals surface area contributed by atoms with Crippen LogP contribution >= 0.6 is 0 Å². The van der Waals surface area contributed by atoms with Crippen LogP contribution in [0.1, 0.15) is 16.7 Å². The zero-order chi connectivity index (χ0) is 17.5. The van der Waals surface area contributed by atoms with E-state index < -0.39 is 0 Å². The highest BCUT2D eigenvalue weighted by Gasteiger charge is 2.04. The van der Waals surface area contributed by atoms with Crippen molar-refractivity contribution in [3.05, 3.63) is 65.6 Å². The van der Waals surface area contributed by atoms with Gasteiger partial charge in [-0.15, -0.1) is 0 Å². The molecule has 0 unspecified atom stereocenters. The fourth-order valence-corrected chi connectivity index (χ4v) is 2.97. The topological polar surface area (TPSA) is 65.1 Å². The molecular weight excluding hydrogens is 310 g/mol. The molecule has 2 heterocycles. The molecule has 0 atom stereocenters. The van der Waals surface area contributed by atoms with E-state index in [4.69, 9.17) is 0 Å². The Balaban J connectivity index is 1.46. The third-order valence-corrected chi connectivity index (χ3v) is 4.41. The van der Waals surface area contributed by atoms with Crippen LogP contribution in [0.25, 0.3) is 10.9 Å². The van der Waals surface area contributed by atoms with Crippen molar-refractivity contribution in [2.24, 2.45) is 4.99 Å². The fraction of sp³-hybridized carbons (Fsp3) is 0.300. The van der Waals surface area contributed by atoms with Crippen molar-refractivity contribution in [1.82, 2.24) is 20.6 Å². The van der Waals surface area contributed by atoms with Gasteiger partial charge in [-0.2, -0.15) is 0 Å². The first-order valence-electron chi connectivity index (χ1n) is 8.67. The number of hydrogen-bond donors (Lipinski definition) is 3. The Bertz CT molecular complexity index is 850. The van der Waals surface area contributed by atoms with Crippen molar-refractivity contribution in [1.29, 1.82) is 0 Å². The maximum Gasteiger partial charge on any atom is 0.190 e. The molecule has 1 aromatic carbocycles. The fourth-order valence-electron chi connectivity index (χ4n) is 2.97. The van der Waals surface area contributed by atoms with Gasteiger partial charge in [0.1, 0.15) is 0 Å². The molecule has 0 bridgehead atoms. The van der Waals surface area contributed by atoms with Crippen molar-refractivity contribution in [3.8, 4) is 0 Å². The summed E-state index contributed by atoms with van der Waals surface area (Å²) in [7, 11) is 1.80. The molecule has 25 heavy (non-hydrogen) atoms. The normalized spacial score (nSPS) is 11.7. The van der Waals surface area contributed by atoms with Crippen LogP contribution in [-0.4, -0.2) is 36.1 Å². The Labute approximate surface area is 148 Å². The number of pyridine rings is 1. The molecule has 130 valence electrons. The molecule has 0 aliphatic rings. The molecule has 2 aromatic heterocycles. The molecule has 0 aliphatic carbocycles. The maximum atomic E-state index is 4.30. The second-order valence-electron chi connectivity index (χ2n) is 6.09. The van der Waals surface area contributed by atoms with Crippen LogP contribution in [-0.2, 0) is 12.8 Å². The Morgan fingerprint density at radius 3 is 2.60 bits per heavy atom. The van der Waals surface area contributed by atoms with Gasteiger partial charge in [0.05, 0.1) is 0 Å². The van der Waals surface area contributed by atoms with E-state index in [0.717, 1.165) is 31.9 Å². The minimum atomic E-state index is 0.839. The third-order valence-electron chi connectivity index (χ3n) is 4.41. The number of aliphatic imine (C=N–C) groups is 1. The third kappa shape index (κ3) is 4.38. The van der Waals surface area contributed by atoms with E-state index in [1.165, 1.54) is 27.6 Å². The Hall–Kier alpha value is -2.82. The number of aromatic nitrogens is 2. The van der Waals surface area contributed by atoms with Crippen molar-refractivity contribution < 1.29 is 0 Å². The smallest absolute Gasteiger partial charge is 0.190 e. The molecule has 3 rings (SSSR count). The number of nitrogens with zero attached hydrogens (tertiary/aromatic N) is 2. The molecule has 5 nitrogen and oxygen atoms in total. The number of H-pyrrole nitrogens is 1. The van der Waals surface area contributed by atoms with Gasteiger partial charge in [-0.05, 0) is 48.6 Å². The molecular formula is C20H25N5. The van der Waals surface area contributed by atoms with Gasteiger partial charge in [0.15, 0.2) is 5.96 Å². The molecule has 0 saturated carbocycles.